The average molecular weight is 359 g/mol. The van der Waals surface area contributed by atoms with Crippen LogP contribution in [0.3, 0.4) is 0 Å². The summed E-state index contributed by atoms with van der Waals surface area (Å²) in [7, 11) is 0. The largest absolute Gasteiger partial charge is 0.457 e. The monoisotopic (exact) mass is 359 g/mol. The summed E-state index contributed by atoms with van der Waals surface area (Å²) in [4.78, 5) is 36.6. The molecule has 140 valence electrons. The zero-order valence-corrected chi connectivity index (χ0v) is 15.8. The molecule has 0 amide bonds. The molecule has 2 rings (SSSR count). The Bertz CT molecular complexity index is 913. The minimum absolute atomic E-state index is 0.414. The topological polar surface area (TPSA) is 86.1 Å². The minimum atomic E-state index is -0.606. The molecule has 0 radical (unpaired) electrons. The second kappa shape index (κ2) is 7.19. The second-order valence-electron chi connectivity index (χ2n) is 7.35. The van der Waals surface area contributed by atoms with Crippen molar-refractivity contribution in [1.29, 1.82) is 0 Å². The molecule has 0 bridgehead atoms. The Hall–Kier alpha value is -2.83. The average Bonchev–Trinajstić information content (AvgIpc) is 2.85. The van der Waals surface area contributed by atoms with Crippen molar-refractivity contribution in [3.05, 3.63) is 63.5 Å². The quantitative estimate of drug-likeness (QED) is 0.656. The minimum Gasteiger partial charge on any atom is -0.457 e. The first-order valence-electron chi connectivity index (χ1n) is 8.39. The third-order valence-electron chi connectivity index (χ3n) is 4.16. The molecule has 0 unspecified atom stereocenters. The first kappa shape index (κ1) is 19.5. The first-order valence-corrected chi connectivity index (χ1v) is 8.39. The summed E-state index contributed by atoms with van der Waals surface area (Å²) < 4.78 is 7.69. The van der Waals surface area contributed by atoms with Crippen molar-refractivity contribution >= 4 is 5.97 Å². The number of ether oxygens (including phenoxy) is 1. The van der Waals surface area contributed by atoms with Crippen molar-refractivity contribution < 1.29 is 9.53 Å². The summed E-state index contributed by atoms with van der Waals surface area (Å²) >= 11 is 0. The molecule has 0 saturated carbocycles. The van der Waals surface area contributed by atoms with Gasteiger partial charge in [0, 0.05) is 12.3 Å². The molecule has 1 aromatic carbocycles. The number of nitrogens with zero attached hydrogens (tertiary/aromatic N) is 2. The second-order valence-corrected chi connectivity index (χ2v) is 7.35. The van der Waals surface area contributed by atoms with E-state index < -0.39 is 34.9 Å². The van der Waals surface area contributed by atoms with Crippen LogP contribution in [0, 0.1) is 5.41 Å². The molecule has 2 atom stereocenters. The van der Waals surface area contributed by atoms with E-state index in [1.54, 1.807) is 37.3 Å². The first-order chi connectivity index (χ1) is 12.0. The SMILES string of the molecule is C=C([C@@H](C)n1[nH]c(=O)n(-c2ccccc2)c1=O)[C@@H](OC(C)=O)C(C)(C)C. The number of benzene rings is 1. The van der Waals surface area contributed by atoms with Gasteiger partial charge in [0.15, 0.2) is 0 Å². The summed E-state index contributed by atoms with van der Waals surface area (Å²) in [6, 6.07) is 8.09. The summed E-state index contributed by atoms with van der Waals surface area (Å²) in [5, 5.41) is 2.56. The molecule has 0 spiro atoms. The number of hydrogen-bond donors (Lipinski definition) is 1. The molecule has 7 nitrogen and oxygen atoms in total. The van der Waals surface area contributed by atoms with Crippen LogP contribution in [-0.4, -0.2) is 26.4 Å². The number of aromatic nitrogens is 3. The maximum absolute atomic E-state index is 12.8. The van der Waals surface area contributed by atoms with Crippen molar-refractivity contribution in [2.24, 2.45) is 5.41 Å². The Kier molecular flexibility index (Phi) is 5.39. The zero-order chi connectivity index (χ0) is 19.6. The van der Waals surface area contributed by atoms with Gasteiger partial charge in [-0.05, 0) is 24.6 Å². The molecule has 0 saturated heterocycles. The van der Waals surface area contributed by atoms with Gasteiger partial charge in [-0.25, -0.2) is 23.9 Å². The Morgan fingerprint density at radius 2 is 1.77 bits per heavy atom. The van der Waals surface area contributed by atoms with Gasteiger partial charge in [0.2, 0.25) is 0 Å². The number of hydrogen-bond acceptors (Lipinski definition) is 4. The Morgan fingerprint density at radius 3 is 2.27 bits per heavy atom. The standard InChI is InChI=1S/C19H25N3O4/c1-12(16(19(4,5)6)26-14(3)23)13(2)22-18(25)21(17(24)20-22)15-10-8-7-9-11-15/h7-11,13,16H,1H2,2-6H3,(H,20,24)/t13-,16-/m1/s1. The van der Waals surface area contributed by atoms with Gasteiger partial charge in [0.05, 0.1) is 11.7 Å². The molecule has 26 heavy (non-hydrogen) atoms. The van der Waals surface area contributed by atoms with Crippen LogP contribution in [0.2, 0.25) is 0 Å². The zero-order valence-electron chi connectivity index (χ0n) is 15.8. The van der Waals surface area contributed by atoms with Gasteiger partial charge in [0.1, 0.15) is 6.10 Å². The highest BCUT2D eigenvalue weighted by molar-refractivity contribution is 5.66. The number of carbonyl (C=O) groups excluding carboxylic acids is 1. The van der Waals surface area contributed by atoms with Gasteiger partial charge in [-0.3, -0.25) is 4.79 Å². The molecule has 1 N–H and O–H groups in total. The van der Waals surface area contributed by atoms with Crippen LogP contribution in [0.15, 0.2) is 52.1 Å². The lowest BCUT2D eigenvalue weighted by molar-refractivity contribution is -0.149. The smallest absolute Gasteiger partial charge is 0.352 e. The van der Waals surface area contributed by atoms with E-state index in [1.807, 2.05) is 20.8 Å². The fourth-order valence-corrected chi connectivity index (χ4v) is 2.82. The molecular weight excluding hydrogens is 334 g/mol. The van der Waals surface area contributed by atoms with Crippen LogP contribution in [0.5, 0.6) is 0 Å². The summed E-state index contributed by atoms with van der Waals surface area (Å²) in [5.41, 5.74) is -0.465. The van der Waals surface area contributed by atoms with Crippen molar-refractivity contribution in [1.82, 2.24) is 14.3 Å². The van der Waals surface area contributed by atoms with Crippen LogP contribution in [0.1, 0.15) is 40.7 Å². The van der Waals surface area contributed by atoms with Gasteiger partial charge >= 0.3 is 17.3 Å². The van der Waals surface area contributed by atoms with Crippen molar-refractivity contribution in [2.75, 3.05) is 0 Å². The van der Waals surface area contributed by atoms with Crippen LogP contribution in [-0.2, 0) is 9.53 Å². The molecule has 0 aliphatic rings. The summed E-state index contributed by atoms with van der Waals surface area (Å²) in [5.74, 6) is -0.430. The van der Waals surface area contributed by atoms with Crippen LogP contribution in [0.25, 0.3) is 5.69 Å². The normalized spacial score (nSPS) is 13.9. The van der Waals surface area contributed by atoms with E-state index in [0.717, 1.165) is 4.57 Å². The highest BCUT2D eigenvalue weighted by Gasteiger charge is 2.34. The van der Waals surface area contributed by atoms with E-state index in [4.69, 9.17) is 4.74 Å². The van der Waals surface area contributed by atoms with Crippen molar-refractivity contribution in [3.63, 3.8) is 0 Å². The van der Waals surface area contributed by atoms with E-state index in [0.29, 0.717) is 11.3 Å². The van der Waals surface area contributed by atoms with Crippen LogP contribution in [0.4, 0.5) is 0 Å². The van der Waals surface area contributed by atoms with E-state index in [9.17, 15) is 14.4 Å². The van der Waals surface area contributed by atoms with Gasteiger partial charge in [0.25, 0.3) is 0 Å². The van der Waals surface area contributed by atoms with Gasteiger partial charge in [-0.15, -0.1) is 0 Å². The van der Waals surface area contributed by atoms with Gasteiger partial charge in [-0.1, -0.05) is 45.5 Å². The number of carbonyl (C=O) groups is 1. The number of nitrogens with one attached hydrogen (secondary N) is 1. The maximum Gasteiger partial charge on any atom is 0.352 e. The third-order valence-corrected chi connectivity index (χ3v) is 4.16. The van der Waals surface area contributed by atoms with Crippen molar-refractivity contribution in [3.8, 4) is 5.69 Å². The van der Waals surface area contributed by atoms with E-state index in [-0.39, 0.29) is 0 Å². The predicted molar refractivity (Wildman–Crippen MR) is 99.5 cm³/mol. The van der Waals surface area contributed by atoms with E-state index in [2.05, 4.69) is 11.7 Å². The lowest BCUT2D eigenvalue weighted by Gasteiger charge is -2.33. The molecule has 7 heteroatoms. The van der Waals surface area contributed by atoms with E-state index >= 15 is 0 Å². The fraction of sp³-hybridized carbons (Fsp3) is 0.421. The highest BCUT2D eigenvalue weighted by atomic mass is 16.5. The number of para-hydroxylation sites is 1. The predicted octanol–water partition coefficient (Wildman–Crippen LogP) is 2.42. The van der Waals surface area contributed by atoms with Gasteiger partial charge < -0.3 is 4.74 Å². The number of H-pyrrole nitrogens is 1. The summed E-state index contributed by atoms with van der Waals surface area (Å²) in [6.07, 6.45) is -0.606. The summed E-state index contributed by atoms with van der Waals surface area (Å²) in [6.45, 7) is 12.8. The Morgan fingerprint density at radius 1 is 1.19 bits per heavy atom. The molecular formula is C19H25N3O4. The van der Waals surface area contributed by atoms with Crippen LogP contribution < -0.4 is 11.4 Å². The number of esters is 1. The van der Waals surface area contributed by atoms with Crippen molar-refractivity contribution in [2.45, 2.75) is 46.8 Å². The molecule has 1 aromatic heterocycles. The number of rotatable bonds is 5. The molecule has 0 aliphatic heterocycles. The molecule has 2 aromatic rings. The molecule has 0 aliphatic carbocycles. The lowest BCUT2D eigenvalue weighted by atomic mass is 9.82. The number of aromatic amines is 1. The molecule has 0 fully saturated rings. The van der Waals surface area contributed by atoms with E-state index in [1.165, 1.54) is 11.6 Å². The Labute approximate surface area is 151 Å². The Balaban J connectivity index is 2.45. The molecule has 1 heterocycles. The lowest BCUT2D eigenvalue weighted by Crippen LogP contribution is -2.37. The third kappa shape index (κ3) is 3.87. The fourth-order valence-electron chi connectivity index (χ4n) is 2.82. The maximum atomic E-state index is 12.8. The van der Waals surface area contributed by atoms with Crippen LogP contribution >= 0.6 is 0 Å². The van der Waals surface area contributed by atoms with Gasteiger partial charge in [-0.2, -0.15) is 0 Å². The highest BCUT2D eigenvalue weighted by Crippen LogP contribution is 2.32.